The van der Waals surface area contributed by atoms with Gasteiger partial charge >= 0.3 is 10.8 Å². The number of anilines is 2. The maximum absolute atomic E-state index is 14.0. The molecule has 10 nitrogen and oxygen atoms in total. The fraction of sp³-hybridized carbons (Fsp3) is 0.171. The van der Waals surface area contributed by atoms with E-state index in [0.29, 0.717) is 32.6 Å². The molecule has 0 spiro atoms. The summed E-state index contributed by atoms with van der Waals surface area (Å²) in [5.41, 5.74) is 2.06. The Labute approximate surface area is 276 Å². The van der Waals surface area contributed by atoms with Gasteiger partial charge in [0.05, 0.1) is 28.8 Å². The SMILES string of the molecule is CCOC(=O)c1ccc(N2C(=O)C3Sc4[nH]c(=O)sc4[C@H](c4ccc(OCC(=O)Nc5ccc6ccccc6c5)cc4)C3C2=O)cc1. The van der Waals surface area contributed by atoms with Crippen molar-refractivity contribution in [2.45, 2.75) is 23.1 Å². The van der Waals surface area contributed by atoms with Gasteiger partial charge < -0.3 is 19.8 Å². The fourth-order valence-corrected chi connectivity index (χ4v) is 8.49. The molecule has 0 bridgehead atoms. The zero-order chi connectivity index (χ0) is 32.7. The normalized spacial score (nSPS) is 18.5. The van der Waals surface area contributed by atoms with Crippen molar-refractivity contribution < 1.29 is 28.7 Å². The van der Waals surface area contributed by atoms with E-state index in [0.717, 1.165) is 32.6 Å². The lowest BCUT2D eigenvalue weighted by Crippen LogP contribution is -2.32. The average molecular weight is 666 g/mol. The van der Waals surface area contributed by atoms with E-state index in [9.17, 15) is 24.0 Å². The smallest absolute Gasteiger partial charge is 0.338 e. The molecule has 4 aromatic carbocycles. The minimum Gasteiger partial charge on any atom is -0.484 e. The van der Waals surface area contributed by atoms with Crippen LogP contribution in [0.5, 0.6) is 5.75 Å². The van der Waals surface area contributed by atoms with Gasteiger partial charge in [0, 0.05) is 16.5 Å². The lowest BCUT2D eigenvalue weighted by atomic mass is 9.83. The summed E-state index contributed by atoms with van der Waals surface area (Å²) in [5, 5.41) is 4.75. The number of nitrogens with one attached hydrogen (secondary N) is 2. The van der Waals surface area contributed by atoms with Crippen LogP contribution >= 0.6 is 23.1 Å². The number of fused-ring (bicyclic) bond motifs is 3. The summed E-state index contributed by atoms with van der Waals surface area (Å²) in [6.07, 6.45) is 0. The van der Waals surface area contributed by atoms with Crippen molar-refractivity contribution in [2.75, 3.05) is 23.4 Å². The molecule has 2 unspecified atom stereocenters. The van der Waals surface area contributed by atoms with E-state index in [1.54, 1.807) is 43.3 Å². The van der Waals surface area contributed by atoms with E-state index in [1.165, 1.54) is 23.9 Å². The summed E-state index contributed by atoms with van der Waals surface area (Å²) in [4.78, 5) is 69.3. The maximum atomic E-state index is 14.0. The van der Waals surface area contributed by atoms with Gasteiger partial charge in [0.2, 0.25) is 11.8 Å². The molecule has 5 aromatic rings. The molecule has 2 aliphatic rings. The number of rotatable bonds is 8. The highest BCUT2D eigenvalue weighted by molar-refractivity contribution is 8.00. The number of benzene rings is 4. The first-order chi connectivity index (χ1) is 22.8. The molecule has 1 saturated heterocycles. The first kappa shape index (κ1) is 30.5. The van der Waals surface area contributed by atoms with Crippen molar-refractivity contribution in [1.82, 2.24) is 4.98 Å². The summed E-state index contributed by atoms with van der Waals surface area (Å²) in [5.74, 6) is -2.48. The Kier molecular flexibility index (Phi) is 8.12. The second-order valence-corrected chi connectivity index (χ2v) is 13.2. The van der Waals surface area contributed by atoms with E-state index in [2.05, 4.69) is 10.3 Å². The highest BCUT2D eigenvalue weighted by Crippen LogP contribution is 2.53. The van der Waals surface area contributed by atoms with Gasteiger partial charge in [-0.2, -0.15) is 0 Å². The highest BCUT2D eigenvalue weighted by Gasteiger charge is 2.56. The number of nitrogens with zero attached hydrogens (tertiary/aromatic N) is 1. The zero-order valence-corrected chi connectivity index (χ0v) is 26.6. The van der Waals surface area contributed by atoms with Crippen molar-refractivity contribution >= 4 is 68.9 Å². The molecule has 3 atom stereocenters. The summed E-state index contributed by atoms with van der Waals surface area (Å²) in [6, 6.07) is 26.7. The molecule has 3 amide bonds. The Hall–Kier alpha value is -5.20. The van der Waals surface area contributed by atoms with Gasteiger partial charge in [0.1, 0.15) is 11.0 Å². The second-order valence-electron chi connectivity index (χ2n) is 11.0. The van der Waals surface area contributed by atoms with Crippen LogP contribution in [0.3, 0.4) is 0 Å². The first-order valence-electron chi connectivity index (χ1n) is 14.9. The van der Waals surface area contributed by atoms with E-state index >= 15 is 0 Å². The van der Waals surface area contributed by atoms with Crippen LogP contribution in [0, 0.1) is 5.92 Å². The minimum atomic E-state index is -0.768. The van der Waals surface area contributed by atoms with Crippen molar-refractivity contribution in [1.29, 1.82) is 0 Å². The number of thioether (sulfide) groups is 1. The number of thiazole rings is 1. The van der Waals surface area contributed by atoms with Crippen LogP contribution in [0.25, 0.3) is 10.8 Å². The number of aromatic amines is 1. The van der Waals surface area contributed by atoms with Crippen LogP contribution in [0.1, 0.15) is 33.6 Å². The predicted octanol–water partition coefficient (Wildman–Crippen LogP) is 5.58. The van der Waals surface area contributed by atoms with Crippen LogP contribution in [-0.4, -0.2) is 47.1 Å². The molecule has 0 aliphatic carbocycles. The van der Waals surface area contributed by atoms with E-state index in [1.807, 2.05) is 42.5 Å². The molecule has 47 heavy (non-hydrogen) atoms. The van der Waals surface area contributed by atoms with Crippen molar-refractivity contribution in [3.8, 4) is 5.75 Å². The summed E-state index contributed by atoms with van der Waals surface area (Å²) >= 11 is 2.21. The molecule has 7 rings (SSSR count). The first-order valence-corrected chi connectivity index (χ1v) is 16.6. The quantitative estimate of drug-likeness (QED) is 0.162. The molecule has 236 valence electrons. The number of ether oxygens (including phenoxy) is 2. The van der Waals surface area contributed by atoms with Gasteiger partial charge in [0.25, 0.3) is 5.91 Å². The Bertz CT molecular complexity index is 2090. The average Bonchev–Trinajstić information content (AvgIpc) is 3.58. The lowest BCUT2D eigenvalue weighted by molar-refractivity contribution is -0.122. The van der Waals surface area contributed by atoms with E-state index in [4.69, 9.17) is 9.47 Å². The molecule has 0 saturated carbocycles. The molecule has 3 heterocycles. The monoisotopic (exact) mass is 665 g/mol. The van der Waals surface area contributed by atoms with Gasteiger partial charge in [-0.3, -0.25) is 19.2 Å². The highest BCUT2D eigenvalue weighted by atomic mass is 32.2. The number of aromatic nitrogens is 1. The Morgan fingerprint density at radius 3 is 2.38 bits per heavy atom. The molecule has 2 aliphatic heterocycles. The largest absolute Gasteiger partial charge is 0.484 e. The molecule has 1 aromatic heterocycles. The summed E-state index contributed by atoms with van der Waals surface area (Å²) in [6.45, 7) is 1.73. The van der Waals surface area contributed by atoms with Gasteiger partial charge in [-0.05, 0) is 71.8 Å². The number of hydrogen-bond acceptors (Lipinski definition) is 9. The predicted molar refractivity (Wildman–Crippen MR) is 179 cm³/mol. The molecule has 2 N–H and O–H groups in total. The number of carbonyl (C=O) groups excluding carboxylic acids is 4. The fourth-order valence-electron chi connectivity index (χ4n) is 5.98. The molecular weight excluding hydrogens is 639 g/mol. The van der Waals surface area contributed by atoms with Crippen LogP contribution in [0.4, 0.5) is 11.4 Å². The number of imide groups is 1. The maximum Gasteiger partial charge on any atom is 0.338 e. The number of hydrogen-bond donors (Lipinski definition) is 2. The third-order valence-electron chi connectivity index (χ3n) is 8.10. The van der Waals surface area contributed by atoms with E-state index < -0.39 is 34.9 Å². The third kappa shape index (κ3) is 5.81. The number of amides is 3. The third-order valence-corrected chi connectivity index (χ3v) is 10.5. The summed E-state index contributed by atoms with van der Waals surface area (Å²) in [7, 11) is 0. The van der Waals surface area contributed by atoms with Gasteiger partial charge in [-0.25, -0.2) is 9.69 Å². The van der Waals surface area contributed by atoms with Crippen LogP contribution in [0.15, 0.2) is 101 Å². The Morgan fingerprint density at radius 1 is 0.894 bits per heavy atom. The second kappa shape index (κ2) is 12.5. The van der Waals surface area contributed by atoms with Crippen molar-refractivity contribution in [3.05, 3.63) is 117 Å². The molecule has 1 fully saturated rings. The Morgan fingerprint density at radius 2 is 1.64 bits per heavy atom. The Balaban J connectivity index is 1.09. The van der Waals surface area contributed by atoms with Crippen LogP contribution < -0.4 is 19.8 Å². The zero-order valence-electron chi connectivity index (χ0n) is 24.9. The number of H-pyrrole nitrogens is 1. The molecule has 12 heteroatoms. The van der Waals surface area contributed by atoms with Gasteiger partial charge in [-0.1, -0.05) is 65.6 Å². The van der Waals surface area contributed by atoms with Crippen LogP contribution in [0.2, 0.25) is 0 Å². The molecule has 0 radical (unpaired) electrons. The lowest BCUT2D eigenvalue weighted by Gasteiger charge is -2.29. The molecular formula is C35H27N3O7S2. The number of carbonyl (C=O) groups is 4. The van der Waals surface area contributed by atoms with E-state index in [-0.39, 0.29) is 24.0 Å². The van der Waals surface area contributed by atoms with Gasteiger partial charge in [0.15, 0.2) is 6.61 Å². The number of esters is 1. The van der Waals surface area contributed by atoms with Gasteiger partial charge in [-0.15, -0.1) is 0 Å². The minimum absolute atomic E-state index is 0.211. The summed E-state index contributed by atoms with van der Waals surface area (Å²) < 4.78 is 10.8. The standard InChI is InChI=1S/C35H27N3O7S2/c1-2-44-34(42)21-8-13-24(14-9-21)38-32(40)28-27(29-31(37-35(43)47-29)46-30(28)33(38)41)20-10-15-25(16-11-20)45-18-26(39)36-23-12-7-19-5-3-4-6-22(19)17-23/h3-17,27-28,30H,2,18H2,1H3,(H,36,39)(H,37,43)/t27-,28?,30?/m1/s1. The van der Waals surface area contributed by atoms with Crippen LogP contribution in [-0.2, 0) is 19.1 Å². The topological polar surface area (TPSA) is 135 Å². The van der Waals surface area contributed by atoms with Crippen molar-refractivity contribution in [2.24, 2.45) is 5.92 Å². The van der Waals surface area contributed by atoms with Crippen molar-refractivity contribution in [3.63, 3.8) is 0 Å².